The monoisotopic (exact) mass is 320 g/mol. The lowest BCUT2D eigenvalue weighted by Crippen LogP contribution is -2.12. The van der Waals surface area contributed by atoms with Gasteiger partial charge in [0.1, 0.15) is 17.2 Å². The fraction of sp³-hybridized carbons (Fsp3) is 0. The van der Waals surface area contributed by atoms with E-state index in [1.54, 1.807) is 16.7 Å². The summed E-state index contributed by atoms with van der Waals surface area (Å²) < 4.78 is 15.0. The lowest BCUT2D eigenvalue weighted by Gasteiger charge is -2.02. The molecule has 2 N–H and O–H groups in total. The van der Waals surface area contributed by atoms with Gasteiger partial charge in [0.05, 0.1) is 0 Å². The zero-order chi connectivity index (χ0) is 16.5. The number of carbonyl (C=O) groups excluding carboxylic acids is 1. The van der Waals surface area contributed by atoms with Crippen LogP contribution in [0.4, 0.5) is 10.1 Å². The van der Waals surface area contributed by atoms with Crippen LogP contribution in [0, 0.1) is 5.82 Å². The Morgan fingerprint density at radius 1 is 1.12 bits per heavy atom. The molecule has 0 aliphatic carbocycles. The number of benzene rings is 1. The highest BCUT2D eigenvalue weighted by Gasteiger charge is 2.12. The Hall–Kier alpha value is -3.41. The average Bonchev–Trinajstić information content (AvgIpc) is 3.23. The number of amides is 1. The van der Waals surface area contributed by atoms with E-state index in [1.807, 2.05) is 36.8 Å². The zero-order valence-electron chi connectivity index (χ0n) is 12.5. The molecule has 1 aromatic carbocycles. The van der Waals surface area contributed by atoms with Crippen molar-refractivity contribution in [1.29, 1.82) is 0 Å². The minimum atomic E-state index is -0.404. The first-order chi connectivity index (χ1) is 11.7. The highest BCUT2D eigenvalue weighted by atomic mass is 19.1. The molecule has 0 aliphatic rings. The number of halogens is 1. The molecular weight excluding hydrogens is 307 g/mol. The van der Waals surface area contributed by atoms with Crippen LogP contribution in [-0.2, 0) is 0 Å². The minimum absolute atomic E-state index is 0.269. The molecule has 24 heavy (non-hydrogen) atoms. The van der Waals surface area contributed by atoms with Crippen molar-refractivity contribution in [2.45, 2.75) is 0 Å². The van der Waals surface area contributed by atoms with Crippen LogP contribution in [0.5, 0.6) is 0 Å². The topological polar surface area (TPSA) is 62.2 Å². The van der Waals surface area contributed by atoms with Crippen LogP contribution in [0.25, 0.3) is 16.8 Å². The fourth-order valence-corrected chi connectivity index (χ4v) is 2.54. The fourth-order valence-electron chi connectivity index (χ4n) is 2.54. The van der Waals surface area contributed by atoms with E-state index in [-0.39, 0.29) is 11.6 Å². The van der Waals surface area contributed by atoms with Gasteiger partial charge >= 0.3 is 0 Å². The van der Waals surface area contributed by atoms with E-state index in [0.717, 1.165) is 11.1 Å². The number of hydrogen-bond acceptors (Lipinski definition) is 2. The number of nitrogens with one attached hydrogen (secondary N) is 2. The molecule has 4 aromatic rings. The van der Waals surface area contributed by atoms with Gasteiger partial charge < -0.3 is 14.7 Å². The van der Waals surface area contributed by atoms with Gasteiger partial charge in [-0.05, 0) is 42.0 Å². The predicted octanol–water partition coefficient (Wildman–Crippen LogP) is 3.72. The average molecular weight is 320 g/mol. The molecule has 0 fully saturated rings. The summed E-state index contributed by atoms with van der Waals surface area (Å²) >= 11 is 0. The van der Waals surface area contributed by atoms with E-state index in [0.29, 0.717) is 11.3 Å². The highest BCUT2D eigenvalue weighted by molar-refractivity contribution is 6.03. The van der Waals surface area contributed by atoms with Crippen molar-refractivity contribution in [1.82, 2.24) is 14.4 Å². The first-order valence-electron chi connectivity index (χ1n) is 7.38. The first kappa shape index (κ1) is 14.2. The molecule has 0 spiro atoms. The van der Waals surface area contributed by atoms with Gasteiger partial charge in [-0.1, -0.05) is 6.07 Å². The second-order valence-corrected chi connectivity index (χ2v) is 5.37. The van der Waals surface area contributed by atoms with Gasteiger partial charge in [-0.15, -0.1) is 0 Å². The van der Waals surface area contributed by atoms with Crippen LogP contribution in [0.2, 0.25) is 0 Å². The summed E-state index contributed by atoms with van der Waals surface area (Å²) in [5.41, 5.74) is 3.39. The number of aromatic nitrogens is 3. The molecule has 0 atom stereocenters. The number of fused-ring (bicyclic) bond motifs is 1. The van der Waals surface area contributed by atoms with E-state index in [4.69, 9.17) is 0 Å². The van der Waals surface area contributed by atoms with Crippen molar-refractivity contribution < 1.29 is 9.18 Å². The maximum atomic E-state index is 13.2. The molecule has 5 nitrogen and oxygen atoms in total. The standard InChI is InChI=1S/C18H13FN4O/c19-14-2-1-3-15(8-14)21-18(24)16-11-23-10-13(4-5-17(23)22-16)12-6-7-20-9-12/h1-11,20H,(H,21,24). The predicted molar refractivity (Wildman–Crippen MR) is 89.3 cm³/mol. The number of imidazole rings is 1. The Labute approximate surface area is 136 Å². The summed E-state index contributed by atoms with van der Waals surface area (Å²) in [4.78, 5) is 19.6. The van der Waals surface area contributed by atoms with Gasteiger partial charge in [0.25, 0.3) is 5.91 Å². The molecule has 0 bridgehead atoms. The molecule has 0 radical (unpaired) electrons. The van der Waals surface area contributed by atoms with Crippen molar-refractivity contribution in [2.24, 2.45) is 0 Å². The van der Waals surface area contributed by atoms with Gasteiger partial charge in [-0.25, -0.2) is 9.37 Å². The molecule has 0 saturated heterocycles. The highest BCUT2D eigenvalue weighted by Crippen LogP contribution is 2.20. The van der Waals surface area contributed by atoms with Gasteiger partial charge in [-0.2, -0.15) is 0 Å². The summed E-state index contributed by atoms with van der Waals surface area (Å²) in [5.74, 6) is -0.786. The van der Waals surface area contributed by atoms with Crippen molar-refractivity contribution in [2.75, 3.05) is 5.32 Å². The van der Waals surface area contributed by atoms with Crippen LogP contribution in [0.3, 0.4) is 0 Å². The molecule has 3 aromatic heterocycles. The normalized spacial score (nSPS) is 10.9. The van der Waals surface area contributed by atoms with Crippen molar-refractivity contribution in [3.05, 3.63) is 78.8 Å². The van der Waals surface area contributed by atoms with Crippen molar-refractivity contribution in [3.63, 3.8) is 0 Å². The molecular formula is C18H13FN4O. The van der Waals surface area contributed by atoms with Crippen molar-refractivity contribution in [3.8, 4) is 11.1 Å². The smallest absolute Gasteiger partial charge is 0.275 e. The van der Waals surface area contributed by atoms with Crippen LogP contribution in [0.15, 0.2) is 67.3 Å². The summed E-state index contributed by atoms with van der Waals surface area (Å²) in [6, 6.07) is 11.5. The number of hydrogen-bond donors (Lipinski definition) is 2. The minimum Gasteiger partial charge on any atom is -0.367 e. The quantitative estimate of drug-likeness (QED) is 0.604. The second kappa shape index (κ2) is 5.66. The number of carbonyl (C=O) groups is 1. The number of nitrogens with zero attached hydrogens (tertiary/aromatic N) is 2. The molecule has 0 aliphatic heterocycles. The summed E-state index contributed by atoms with van der Waals surface area (Å²) in [5, 5.41) is 2.64. The van der Waals surface area contributed by atoms with Crippen molar-refractivity contribution >= 4 is 17.2 Å². The SMILES string of the molecule is O=C(Nc1cccc(F)c1)c1cn2cc(-c3cc[nH]c3)ccc2n1. The molecule has 3 heterocycles. The Kier molecular flexibility index (Phi) is 3.35. The van der Waals surface area contributed by atoms with E-state index in [1.165, 1.54) is 18.2 Å². The Morgan fingerprint density at radius 2 is 2.04 bits per heavy atom. The summed E-state index contributed by atoms with van der Waals surface area (Å²) in [7, 11) is 0. The number of pyridine rings is 1. The molecule has 4 rings (SSSR count). The van der Waals surface area contributed by atoms with Crippen LogP contribution >= 0.6 is 0 Å². The maximum absolute atomic E-state index is 13.2. The van der Waals surface area contributed by atoms with Gasteiger partial charge in [0, 0.05) is 36.0 Å². The first-order valence-corrected chi connectivity index (χ1v) is 7.38. The van der Waals surface area contributed by atoms with E-state index in [9.17, 15) is 9.18 Å². The Morgan fingerprint density at radius 3 is 2.83 bits per heavy atom. The Bertz CT molecular complexity index is 1020. The van der Waals surface area contributed by atoms with Gasteiger partial charge in [0.2, 0.25) is 0 Å². The number of rotatable bonds is 3. The van der Waals surface area contributed by atoms with Crippen LogP contribution in [0.1, 0.15) is 10.5 Å². The number of H-pyrrole nitrogens is 1. The third-order valence-corrected chi connectivity index (χ3v) is 3.70. The van der Waals surface area contributed by atoms with E-state index >= 15 is 0 Å². The lowest BCUT2D eigenvalue weighted by molar-refractivity contribution is 0.102. The Balaban J connectivity index is 1.63. The molecule has 6 heteroatoms. The zero-order valence-corrected chi connectivity index (χ0v) is 12.5. The lowest BCUT2D eigenvalue weighted by atomic mass is 10.1. The third kappa shape index (κ3) is 2.65. The summed E-state index contributed by atoms with van der Waals surface area (Å²) in [6.07, 6.45) is 7.31. The summed E-state index contributed by atoms with van der Waals surface area (Å²) in [6.45, 7) is 0. The molecule has 118 valence electrons. The van der Waals surface area contributed by atoms with Gasteiger partial charge in [-0.3, -0.25) is 4.79 Å². The number of aromatic amines is 1. The van der Waals surface area contributed by atoms with Gasteiger partial charge in [0.15, 0.2) is 0 Å². The third-order valence-electron chi connectivity index (χ3n) is 3.70. The molecule has 0 unspecified atom stereocenters. The molecule has 0 saturated carbocycles. The largest absolute Gasteiger partial charge is 0.367 e. The van der Waals surface area contributed by atoms with Crippen LogP contribution < -0.4 is 5.32 Å². The maximum Gasteiger partial charge on any atom is 0.275 e. The van der Waals surface area contributed by atoms with E-state index < -0.39 is 5.82 Å². The number of anilines is 1. The van der Waals surface area contributed by atoms with E-state index in [2.05, 4.69) is 15.3 Å². The van der Waals surface area contributed by atoms with Crippen LogP contribution in [-0.4, -0.2) is 20.3 Å². The molecule has 1 amide bonds. The second-order valence-electron chi connectivity index (χ2n) is 5.37.